The molecule has 1 amide bonds. The number of ether oxygens (including phenoxy) is 1. The van der Waals surface area contributed by atoms with Gasteiger partial charge in [-0.2, -0.15) is 0 Å². The Kier molecular flexibility index (Phi) is 4.65. The van der Waals surface area contributed by atoms with Crippen LogP contribution in [0.15, 0.2) is 17.1 Å². The van der Waals surface area contributed by atoms with Gasteiger partial charge in [0, 0.05) is 18.8 Å². The van der Waals surface area contributed by atoms with Gasteiger partial charge in [0.05, 0.1) is 6.61 Å². The molecule has 0 unspecified atom stereocenters. The number of carbonyl (C=O) groups excluding carboxylic acids is 1. The number of carbonyl (C=O) groups is 1. The van der Waals surface area contributed by atoms with E-state index in [-0.39, 0.29) is 22.8 Å². The third kappa shape index (κ3) is 3.53. The van der Waals surface area contributed by atoms with Crippen LogP contribution in [0.2, 0.25) is 0 Å². The maximum Gasteiger partial charge on any atom is 0.273 e. The number of hydrogen-bond donors (Lipinski definition) is 2. The van der Waals surface area contributed by atoms with Gasteiger partial charge in [-0.3, -0.25) is 14.3 Å². The molecule has 110 valence electrons. The summed E-state index contributed by atoms with van der Waals surface area (Å²) in [5, 5.41) is 2.80. The van der Waals surface area contributed by atoms with Crippen molar-refractivity contribution in [1.82, 2.24) is 9.99 Å². The summed E-state index contributed by atoms with van der Waals surface area (Å²) >= 11 is 0. The van der Waals surface area contributed by atoms with E-state index in [0.29, 0.717) is 19.1 Å². The fourth-order valence-electron chi connectivity index (χ4n) is 1.85. The molecular weight excluding hydrogens is 258 g/mol. The molecule has 3 N–H and O–H groups in total. The standard InChI is InChI=1S/C14H21N3O3/c1-2-3-8-20-13-11(18)6-7-17(15)12(13)14(19)16-9-10-4-5-10/h6-7,10H,2-5,8-9,15H2,1H3,(H,16,19). The summed E-state index contributed by atoms with van der Waals surface area (Å²) in [5.74, 6) is 6.00. The average Bonchev–Trinajstić information content (AvgIpc) is 3.24. The highest BCUT2D eigenvalue weighted by Gasteiger charge is 2.24. The zero-order valence-corrected chi connectivity index (χ0v) is 11.7. The highest BCUT2D eigenvalue weighted by Crippen LogP contribution is 2.27. The van der Waals surface area contributed by atoms with E-state index in [1.54, 1.807) is 0 Å². The Morgan fingerprint density at radius 1 is 1.55 bits per heavy atom. The predicted molar refractivity (Wildman–Crippen MR) is 76.3 cm³/mol. The third-order valence-corrected chi connectivity index (χ3v) is 3.29. The lowest BCUT2D eigenvalue weighted by Crippen LogP contribution is -2.33. The molecule has 1 aromatic rings. The quantitative estimate of drug-likeness (QED) is 0.573. The first-order valence-electron chi connectivity index (χ1n) is 7.05. The summed E-state index contributed by atoms with van der Waals surface area (Å²) in [5.41, 5.74) is -0.228. The number of nitrogens with two attached hydrogens (primary N) is 1. The van der Waals surface area contributed by atoms with Crippen LogP contribution < -0.4 is 21.3 Å². The van der Waals surface area contributed by atoms with Crippen LogP contribution in [0.25, 0.3) is 0 Å². The fourth-order valence-corrected chi connectivity index (χ4v) is 1.85. The smallest absolute Gasteiger partial charge is 0.273 e. The Labute approximate surface area is 117 Å². The highest BCUT2D eigenvalue weighted by atomic mass is 16.5. The molecule has 0 atom stereocenters. The van der Waals surface area contributed by atoms with Crippen molar-refractivity contribution in [3.63, 3.8) is 0 Å². The molecule has 2 rings (SSSR count). The van der Waals surface area contributed by atoms with Crippen LogP contribution in [0.3, 0.4) is 0 Å². The van der Waals surface area contributed by atoms with Gasteiger partial charge in [0.15, 0.2) is 11.4 Å². The summed E-state index contributed by atoms with van der Waals surface area (Å²) in [4.78, 5) is 24.0. The van der Waals surface area contributed by atoms with Gasteiger partial charge in [0.25, 0.3) is 5.91 Å². The minimum atomic E-state index is -0.358. The van der Waals surface area contributed by atoms with E-state index in [1.165, 1.54) is 12.3 Å². The summed E-state index contributed by atoms with van der Waals surface area (Å²) in [6, 6.07) is 1.30. The molecule has 1 fully saturated rings. The Morgan fingerprint density at radius 2 is 2.30 bits per heavy atom. The van der Waals surface area contributed by atoms with Crippen LogP contribution in [-0.4, -0.2) is 23.7 Å². The first kappa shape index (κ1) is 14.4. The Bertz CT molecular complexity index is 535. The van der Waals surface area contributed by atoms with Crippen LogP contribution >= 0.6 is 0 Å². The highest BCUT2D eigenvalue weighted by molar-refractivity contribution is 5.95. The van der Waals surface area contributed by atoms with Gasteiger partial charge < -0.3 is 15.9 Å². The number of aromatic nitrogens is 1. The lowest BCUT2D eigenvalue weighted by molar-refractivity contribution is 0.0938. The molecule has 0 saturated heterocycles. The fraction of sp³-hybridized carbons (Fsp3) is 0.571. The molecular formula is C14H21N3O3. The average molecular weight is 279 g/mol. The van der Waals surface area contributed by atoms with Crippen molar-refractivity contribution in [2.45, 2.75) is 32.6 Å². The summed E-state index contributed by atoms with van der Waals surface area (Å²) in [7, 11) is 0. The molecule has 0 aliphatic heterocycles. The lowest BCUT2D eigenvalue weighted by atomic mass is 10.2. The number of unbranched alkanes of at least 4 members (excludes halogenated alkanes) is 1. The van der Waals surface area contributed by atoms with Crippen molar-refractivity contribution < 1.29 is 9.53 Å². The molecule has 1 aliphatic rings. The normalized spacial score (nSPS) is 14.1. The van der Waals surface area contributed by atoms with Crippen LogP contribution in [0, 0.1) is 5.92 Å². The molecule has 1 aliphatic carbocycles. The van der Waals surface area contributed by atoms with E-state index in [4.69, 9.17) is 10.6 Å². The van der Waals surface area contributed by atoms with Gasteiger partial charge in [0.1, 0.15) is 0 Å². The van der Waals surface area contributed by atoms with Crippen molar-refractivity contribution in [3.05, 3.63) is 28.2 Å². The van der Waals surface area contributed by atoms with E-state index in [1.807, 2.05) is 6.92 Å². The van der Waals surface area contributed by atoms with Crippen molar-refractivity contribution in [3.8, 4) is 5.75 Å². The monoisotopic (exact) mass is 279 g/mol. The lowest BCUT2D eigenvalue weighted by Gasteiger charge is -2.14. The number of amides is 1. The van der Waals surface area contributed by atoms with Crippen LogP contribution in [0.5, 0.6) is 5.75 Å². The third-order valence-electron chi connectivity index (χ3n) is 3.29. The molecule has 0 radical (unpaired) electrons. The number of pyridine rings is 1. The maximum absolute atomic E-state index is 12.2. The largest absolute Gasteiger partial charge is 0.487 e. The van der Waals surface area contributed by atoms with E-state index in [0.717, 1.165) is 30.4 Å². The minimum absolute atomic E-state index is 0.0387. The molecule has 0 aromatic carbocycles. The summed E-state index contributed by atoms with van der Waals surface area (Å²) in [6.45, 7) is 3.05. The predicted octanol–water partition coefficient (Wildman–Crippen LogP) is 0.881. The van der Waals surface area contributed by atoms with Crippen LogP contribution in [-0.2, 0) is 0 Å². The van der Waals surface area contributed by atoms with Crippen molar-refractivity contribution in [2.24, 2.45) is 5.92 Å². The van der Waals surface area contributed by atoms with Crippen molar-refractivity contribution in [1.29, 1.82) is 0 Å². The Balaban J connectivity index is 2.16. The number of nitrogen functional groups attached to an aromatic ring is 1. The zero-order valence-electron chi connectivity index (χ0n) is 11.7. The molecule has 0 bridgehead atoms. The molecule has 1 saturated carbocycles. The van der Waals surface area contributed by atoms with Crippen molar-refractivity contribution >= 4 is 5.91 Å². The number of hydrogen-bond acceptors (Lipinski definition) is 4. The zero-order chi connectivity index (χ0) is 14.5. The first-order valence-corrected chi connectivity index (χ1v) is 7.05. The van der Waals surface area contributed by atoms with Gasteiger partial charge in [-0.1, -0.05) is 13.3 Å². The van der Waals surface area contributed by atoms with Gasteiger partial charge in [-0.25, -0.2) is 0 Å². The number of rotatable bonds is 7. The molecule has 1 aromatic heterocycles. The molecule has 6 heteroatoms. The molecule has 20 heavy (non-hydrogen) atoms. The van der Waals surface area contributed by atoms with Crippen molar-refractivity contribution in [2.75, 3.05) is 19.0 Å². The van der Waals surface area contributed by atoms with Gasteiger partial charge in [-0.05, 0) is 25.2 Å². The molecule has 6 nitrogen and oxygen atoms in total. The second-order valence-electron chi connectivity index (χ2n) is 5.12. The summed E-state index contributed by atoms with van der Waals surface area (Å²) in [6.07, 6.45) is 5.44. The van der Waals surface area contributed by atoms with E-state index in [2.05, 4.69) is 5.32 Å². The Morgan fingerprint density at radius 3 is 2.95 bits per heavy atom. The van der Waals surface area contributed by atoms with E-state index < -0.39 is 0 Å². The van der Waals surface area contributed by atoms with E-state index >= 15 is 0 Å². The second kappa shape index (κ2) is 6.45. The summed E-state index contributed by atoms with van der Waals surface area (Å²) < 4.78 is 6.60. The second-order valence-corrected chi connectivity index (χ2v) is 5.12. The molecule has 1 heterocycles. The number of nitrogens with one attached hydrogen (secondary N) is 1. The van der Waals surface area contributed by atoms with E-state index in [9.17, 15) is 9.59 Å². The van der Waals surface area contributed by atoms with Gasteiger partial charge >= 0.3 is 0 Å². The van der Waals surface area contributed by atoms with Crippen LogP contribution in [0.4, 0.5) is 0 Å². The first-order chi connectivity index (χ1) is 9.63. The Hall–Kier alpha value is -1.98. The topological polar surface area (TPSA) is 86.3 Å². The maximum atomic E-state index is 12.2. The molecule has 0 spiro atoms. The minimum Gasteiger partial charge on any atom is -0.487 e. The van der Waals surface area contributed by atoms with Gasteiger partial charge in [0.2, 0.25) is 5.43 Å². The number of nitrogens with zero attached hydrogens (tertiary/aromatic N) is 1. The SMILES string of the molecule is CCCCOc1c(C(=O)NCC2CC2)n(N)ccc1=O. The van der Waals surface area contributed by atoms with Gasteiger partial charge in [-0.15, -0.1) is 0 Å². The van der Waals surface area contributed by atoms with Crippen LogP contribution in [0.1, 0.15) is 43.1 Å².